The van der Waals surface area contributed by atoms with E-state index >= 15 is 0 Å². The molecular weight excluding hydrogens is 256 g/mol. The van der Waals surface area contributed by atoms with E-state index in [2.05, 4.69) is 5.32 Å². The highest BCUT2D eigenvalue weighted by Crippen LogP contribution is 2.15. The number of nitrogens with one attached hydrogen (secondary N) is 1. The number of amides is 1. The van der Waals surface area contributed by atoms with E-state index in [-0.39, 0.29) is 25.7 Å². The Labute approximate surface area is 120 Å². The number of carbonyl (C=O) groups is 1. The van der Waals surface area contributed by atoms with Crippen molar-refractivity contribution < 1.29 is 15.0 Å². The average molecular weight is 280 g/mol. The van der Waals surface area contributed by atoms with E-state index in [1.165, 1.54) is 0 Å². The third-order valence-electron chi connectivity index (χ3n) is 3.07. The first-order valence-corrected chi connectivity index (χ1v) is 6.88. The fourth-order valence-corrected chi connectivity index (χ4v) is 2.05. The van der Waals surface area contributed by atoms with Gasteiger partial charge >= 0.3 is 0 Å². The van der Waals surface area contributed by atoms with Gasteiger partial charge in [0.25, 0.3) is 0 Å². The van der Waals surface area contributed by atoms with Crippen molar-refractivity contribution in [2.45, 2.75) is 20.3 Å². The number of carbonyl (C=O) groups excluding carboxylic acids is 1. The fourth-order valence-electron chi connectivity index (χ4n) is 2.05. The van der Waals surface area contributed by atoms with Gasteiger partial charge in [-0.15, -0.1) is 0 Å². The topological polar surface area (TPSA) is 72.8 Å². The molecule has 0 fully saturated rings. The summed E-state index contributed by atoms with van der Waals surface area (Å²) < 4.78 is 0. The zero-order chi connectivity index (χ0) is 15.0. The van der Waals surface area contributed by atoms with Crippen LogP contribution >= 0.6 is 0 Å². The van der Waals surface area contributed by atoms with Crippen LogP contribution in [0.5, 0.6) is 0 Å². The number of anilines is 1. The summed E-state index contributed by atoms with van der Waals surface area (Å²) in [5, 5.41) is 20.7. The summed E-state index contributed by atoms with van der Waals surface area (Å²) in [6.07, 6.45) is 0.594. The lowest BCUT2D eigenvalue weighted by molar-refractivity contribution is -0.117. The van der Waals surface area contributed by atoms with Crippen LogP contribution in [0, 0.1) is 13.8 Å². The lowest BCUT2D eigenvalue weighted by atomic mass is 10.1. The molecule has 0 radical (unpaired) electrons. The van der Waals surface area contributed by atoms with E-state index in [1.807, 2.05) is 36.9 Å². The molecule has 0 aliphatic rings. The van der Waals surface area contributed by atoms with E-state index in [4.69, 9.17) is 10.2 Å². The highest BCUT2D eigenvalue weighted by molar-refractivity contribution is 5.93. The third-order valence-corrected chi connectivity index (χ3v) is 3.07. The van der Waals surface area contributed by atoms with Crippen molar-refractivity contribution >= 4 is 11.6 Å². The first kappa shape index (κ1) is 16.6. The molecule has 5 heteroatoms. The van der Waals surface area contributed by atoms with Crippen molar-refractivity contribution in [2.75, 3.05) is 38.2 Å². The van der Waals surface area contributed by atoms with E-state index in [1.54, 1.807) is 0 Å². The van der Waals surface area contributed by atoms with Crippen molar-refractivity contribution in [1.82, 2.24) is 4.90 Å². The maximum atomic E-state index is 12.0. The Morgan fingerprint density at radius 3 is 2.55 bits per heavy atom. The Kier molecular flexibility index (Phi) is 7.22. The van der Waals surface area contributed by atoms with Gasteiger partial charge in [0.05, 0.1) is 13.2 Å². The Hall–Kier alpha value is -1.43. The summed E-state index contributed by atoms with van der Waals surface area (Å²) in [4.78, 5) is 13.8. The summed E-state index contributed by atoms with van der Waals surface area (Å²) >= 11 is 0. The van der Waals surface area contributed by atoms with E-state index in [0.717, 1.165) is 16.8 Å². The van der Waals surface area contributed by atoms with Gasteiger partial charge in [-0.2, -0.15) is 0 Å². The lowest BCUT2D eigenvalue weighted by Crippen LogP contribution is -2.36. The molecule has 112 valence electrons. The first-order chi connectivity index (χ1) is 9.56. The van der Waals surface area contributed by atoms with Crippen LogP contribution in [0.15, 0.2) is 18.2 Å². The van der Waals surface area contributed by atoms with Gasteiger partial charge in [0, 0.05) is 25.4 Å². The number of benzene rings is 1. The lowest BCUT2D eigenvalue weighted by Gasteiger charge is -2.20. The maximum absolute atomic E-state index is 12.0. The van der Waals surface area contributed by atoms with Crippen LogP contribution < -0.4 is 5.32 Å². The zero-order valence-corrected chi connectivity index (χ0v) is 12.2. The Bertz CT molecular complexity index is 435. The van der Waals surface area contributed by atoms with Crippen molar-refractivity contribution in [3.8, 4) is 0 Å². The molecule has 0 unspecified atom stereocenters. The summed E-state index contributed by atoms with van der Waals surface area (Å²) in [6.45, 7) is 5.30. The predicted molar refractivity (Wildman–Crippen MR) is 79.8 cm³/mol. The molecule has 1 aromatic carbocycles. The fraction of sp³-hybridized carbons (Fsp3) is 0.533. The number of aliphatic hydroxyl groups is 2. The molecule has 0 bridgehead atoms. The SMILES string of the molecule is Cc1ccc(NC(=O)CN(CCO)CCCO)c(C)c1. The molecule has 1 rings (SSSR count). The van der Waals surface area contributed by atoms with Gasteiger partial charge in [0.2, 0.25) is 5.91 Å². The molecule has 0 spiro atoms. The second-order valence-electron chi connectivity index (χ2n) is 4.94. The molecule has 1 aromatic rings. The maximum Gasteiger partial charge on any atom is 0.238 e. The average Bonchev–Trinajstić information content (AvgIpc) is 2.39. The van der Waals surface area contributed by atoms with Crippen LogP contribution in [0.1, 0.15) is 17.5 Å². The normalized spacial score (nSPS) is 10.8. The second kappa shape index (κ2) is 8.68. The summed E-state index contributed by atoms with van der Waals surface area (Å²) in [5.74, 6) is -0.108. The summed E-state index contributed by atoms with van der Waals surface area (Å²) in [6, 6.07) is 5.87. The minimum absolute atomic E-state index is 0.00225. The second-order valence-corrected chi connectivity index (χ2v) is 4.94. The van der Waals surface area contributed by atoms with Gasteiger partial charge in [-0.25, -0.2) is 0 Å². The zero-order valence-electron chi connectivity index (χ0n) is 12.2. The highest BCUT2D eigenvalue weighted by Gasteiger charge is 2.11. The molecule has 0 aliphatic carbocycles. The number of aryl methyl sites for hydroxylation is 2. The Morgan fingerprint density at radius 2 is 1.95 bits per heavy atom. The monoisotopic (exact) mass is 280 g/mol. The molecule has 0 aliphatic heterocycles. The number of rotatable bonds is 8. The number of hydrogen-bond acceptors (Lipinski definition) is 4. The van der Waals surface area contributed by atoms with Gasteiger partial charge in [-0.3, -0.25) is 9.69 Å². The molecule has 0 saturated heterocycles. The van der Waals surface area contributed by atoms with Crippen molar-refractivity contribution in [2.24, 2.45) is 0 Å². The van der Waals surface area contributed by atoms with Crippen molar-refractivity contribution in [3.63, 3.8) is 0 Å². The standard InChI is InChI=1S/C15H24N2O3/c1-12-4-5-14(13(2)10-12)16-15(20)11-17(7-9-19)6-3-8-18/h4-5,10,18-19H,3,6-9,11H2,1-2H3,(H,16,20). The van der Waals surface area contributed by atoms with Crippen LogP contribution in [0.3, 0.4) is 0 Å². The van der Waals surface area contributed by atoms with E-state index in [0.29, 0.717) is 19.5 Å². The minimum Gasteiger partial charge on any atom is -0.396 e. The molecule has 20 heavy (non-hydrogen) atoms. The molecule has 0 atom stereocenters. The van der Waals surface area contributed by atoms with Crippen LogP contribution in [0.25, 0.3) is 0 Å². The van der Waals surface area contributed by atoms with Gasteiger partial charge < -0.3 is 15.5 Å². The van der Waals surface area contributed by atoms with Crippen molar-refractivity contribution in [3.05, 3.63) is 29.3 Å². The molecular formula is C15H24N2O3. The van der Waals surface area contributed by atoms with Crippen molar-refractivity contribution in [1.29, 1.82) is 0 Å². The van der Waals surface area contributed by atoms with E-state index in [9.17, 15) is 4.79 Å². The minimum atomic E-state index is -0.108. The highest BCUT2D eigenvalue weighted by atomic mass is 16.3. The number of nitrogens with zero attached hydrogens (tertiary/aromatic N) is 1. The quantitative estimate of drug-likeness (QED) is 0.662. The molecule has 5 nitrogen and oxygen atoms in total. The number of aliphatic hydroxyl groups excluding tert-OH is 2. The van der Waals surface area contributed by atoms with Crippen LogP contribution in [-0.4, -0.2) is 53.9 Å². The number of hydrogen-bond donors (Lipinski definition) is 3. The summed E-state index contributed by atoms with van der Waals surface area (Å²) in [5.41, 5.74) is 3.00. The molecule has 1 amide bonds. The van der Waals surface area contributed by atoms with Crippen LogP contribution in [0.4, 0.5) is 5.69 Å². The van der Waals surface area contributed by atoms with Crippen LogP contribution in [0.2, 0.25) is 0 Å². The smallest absolute Gasteiger partial charge is 0.238 e. The van der Waals surface area contributed by atoms with Gasteiger partial charge in [-0.05, 0) is 31.9 Å². The molecule has 0 heterocycles. The Morgan fingerprint density at radius 1 is 1.20 bits per heavy atom. The summed E-state index contributed by atoms with van der Waals surface area (Å²) in [7, 11) is 0. The molecule has 0 aromatic heterocycles. The Balaban J connectivity index is 2.55. The van der Waals surface area contributed by atoms with Gasteiger partial charge in [0.1, 0.15) is 0 Å². The predicted octanol–water partition coefficient (Wildman–Crippen LogP) is 0.919. The largest absolute Gasteiger partial charge is 0.396 e. The molecule has 3 N–H and O–H groups in total. The third kappa shape index (κ3) is 5.69. The van der Waals surface area contributed by atoms with Gasteiger partial charge in [-0.1, -0.05) is 17.7 Å². The van der Waals surface area contributed by atoms with Gasteiger partial charge in [0.15, 0.2) is 0 Å². The van der Waals surface area contributed by atoms with Crippen LogP contribution in [-0.2, 0) is 4.79 Å². The van der Waals surface area contributed by atoms with E-state index < -0.39 is 0 Å². The first-order valence-electron chi connectivity index (χ1n) is 6.88. The molecule has 0 saturated carbocycles.